The van der Waals surface area contributed by atoms with Gasteiger partial charge in [0.15, 0.2) is 23.0 Å². The van der Waals surface area contributed by atoms with Crippen LogP contribution >= 0.6 is 0 Å². The molecule has 0 unspecified atom stereocenters. The Bertz CT molecular complexity index is 767. The summed E-state index contributed by atoms with van der Waals surface area (Å²) in [5.74, 6) is 2.96. The number of fused-ring (bicyclic) bond motifs is 1. The summed E-state index contributed by atoms with van der Waals surface area (Å²) in [4.78, 5) is 0. The Hall–Kier alpha value is -2.48. The van der Waals surface area contributed by atoms with Crippen molar-refractivity contribution in [2.45, 2.75) is 19.1 Å². The molecule has 0 amide bonds. The first-order chi connectivity index (χ1) is 13.7. The number of hydrogen-bond acceptors (Lipinski definition) is 6. The quantitative estimate of drug-likeness (QED) is 0.560. The first-order valence-corrected chi connectivity index (χ1v) is 9.36. The summed E-state index contributed by atoms with van der Waals surface area (Å²) in [6.07, 6.45) is 0.366. The van der Waals surface area contributed by atoms with Crippen molar-refractivity contribution in [3.05, 3.63) is 47.5 Å². The fraction of sp³-hybridized carbons (Fsp3) is 0.429. The molecule has 28 heavy (non-hydrogen) atoms. The summed E-state index contributed by atoms with van der Waals surface area (Å²) in [7, 11) is 3.26. The van der Waals surface area contributed by atoms with E-state index in [-0.39, 0.29) is 6.79 Å². The SMILES string of the molecule is COc1ccc(CC[NH2+]C[C@H](O)COCc2ccc3c(c2)OCO3)cc1OC. The van der Waals surface area contributed by atoms with Crippen LogP contribution in [-0.4, -0.2) is 51.9 Å². The van der Waals surface area contributed by atoms with Crippen LogP contribution < -0.4 is 24.3 Å². The van der Waals surface area contributed by atoms with Gasteiger partial charge >= 0.3 is 0 Å². The lowest BCUT2D eigenvalue weighted by Gasteiger charge is -2.12. The van der Waals surface area contributed by atoms with Gasteiger partial charge < -0.3 is 34.1 Å². The van der Waals surface area contributed by atoms with Crippen LogP contribution in [0.2, 0.25) is 0 Å². The van der Waals surface area contributed by atoms with Crippen molar-refractivity contribution in [3.63, 3.8) is 0 Å². The molecule has 1 atom stereocenters. The van der Waals surface area contributed by atoms with Crippen molar-refractivity contribution in [3.8, 4) is 23.0 Å². The monoisotopic (exact) mass is 390 g/mol. The first kappa shape index (κ1) is 20.3. The third kappa shape index (κ3) is 5.51. The van der Waals surface area contributed by atoms with Gasteiger partial charge in [0.25, 0.3) is 0 Å². The van der Waals surface area contributed by atoms with E-state index in [4.69, 9.17) is 23.7 Å². The number of nitrogens with two attached hydrogens (primary N) is 1. The number of quaternary nitrogens is 1. The molecule has 0 aliphatic carbocycles. The van der Waals surface area contributed by atoms with Crippen molar-refractivity contribution < 1.29 is 34.1 Å². The summed E-state index contributed by atoms with van der Waals surface area (Å²) in [6.45, 7) is 2.45. The first-order valence-electron chi connectivity index (χ1n) is 9.36. The highest BCUT2D eigenvalue weighted by molar-refractivity contribution is 5.44. The molecule has 2 aromatic carbocycles. The van der Waals surface area contributed by atoms with Gasteiger partial charge in [-0.25, -0.2) is 0 Å². The minimum absolute atomic E-state index is 0.261. The minimum Gasteiger partial charge on any atom is -0.493 e. The molecule has 0 aromatic heterocycles. The van der Waals surface area contributed by atoms with E-state index < -0.39 is 6.10 Å². The lowest BCUT2D eigenvalue weighted by molar-refractivity contribution is -0.660. The molecule has 0 radical (unpaired) electrons. The van der Waals surface area contributed by atoms with Crippen molar-refractivity contribution in [2.24, 2.45) is 0 Å². The number of hydrogen-bond donors (Lipinski definition) is 2. The highest BCUT2D eigenvalue weighted by atomic mass is 16.7. The summed E-state index contributed by atoms with van der Waals surface area (Å²) >= 11 is 0. The highest BCUT2D eigenvalue weighted by Gasteiger charge is 2.14. The lowest BCUT2D eigenvalue weighted by Crippen LogP contribution is -2.87. The number of rotatable bonds is 11. The van der Waals surface area contributed by atoms with Gasteiger partial charge in [0.05, 0.1) is 34.0 Å². The molecule has 0 bridgehead atoms. The van der Waals surface area contributed by atoms with Gasteiger partial charge in [0.2, 0.25) is 6.79 Å². The Morgan fingerprint density at radius 3 is 2.61 bits per heavy atom. The van der Waals surface area contributed by atoms with Gasteiger partial charge in [-0.15, -0.1) is 0 Å². The van der Waals surface area contributed by atoms with Crippen LogP contribution in [0, 0.1) is 0 Å². The molecule has 3 rings (SSSR count). The summed E-state index contributed by atoms with van der Waals surface area (Å²) in [6, 6.07) is 11.6. The Balaban J connectivity index is 1.32. The summed E-state index contributed by atoms with van der Waals surface area (Å²) in [5, 5.41) is 12.2. The molecule has 0 saturated carbocycles. The van der Waals surface area contributed by atoms with Crippen LogP contribution in [0.25, 0.3) is 0 Å². The van der Waals surface area contributed by atoms with Crippen LogP contribution in [0.1, 0.15) is 11.1 Å². The molecule has 0 fully saturated rings. The fourth-order valence-electron chi connectivity index (χ4n) is 3.03. The van der Waals surface area contributed by atoms with E-state index in [0.29, 0.717) is 19.8 Å². The normalized spacial score (nSPS) is 13.4. The zero-order chi connectivity index (χ0) is 19.8. The molecule has 2 aromatic rings. The predicted molar refractivity (Wildman–Crippen MR) is 103 cm³/mol. The van der Waals surface area contributed by atoms with Crippen molar-refractivity contribution >= 4 is 0 Å². The van der Waals surface area contributed by atoms with Gasteiger partial charge in [-0.2, -0.15) is 0 Å². The van der Waals surface area contributed by atoms with Gasteiger partial charge in [-0.1, -0.05) is 12.1 Å². The Kier molecular flexibility index (Phi) is 7.36. The molecule has 1 aliphatic rings. The molecule has 1 heterocycles. The molecular formula is C21H28NO6+. The lowest BCUT2D eigenvalue weighted by atomic mass is 10.1. The molecular weight excluding hydrogens is 362 g/mol. The number of aliphatic hydroxyl groups excluding tert-OH is 1. The molecule has 152 valence electrons. The maximum Gasteiger partial charge on any atom is 0.231 e. The number of methoxy groups -OCH3 is 2. The van der Waals surface area contributed by atoms with Crippen LogP contribution in [0.15, 0.2) is 36.4 Å². The van der Waals surface area contributed by atoms with Crippen molar-refractivity contribution in [1.29, 1.82) is 0 Å². The van der Waals surface area contributed by atoms with Gasteiger partial charge in [-0.05, 0) is 35.4 Å². The van der Waals surface area contributed by atoms with E-state index in [1.165, 1.54) is 5.56 Å². The van der Waals surface area contributed by atoms with Gasteiger partial charge in [-0.3, -0.25) is 0 Å². The third-order valence-electron chi connectivity index (χ3n) is 4.54. The van der Waals surface area contributed by atoms with E-state index in [1.54, 1.807) is 14.2 Å². The largest absolute Gasteiger partial charge is 0.493 e. The number of aliphatic hydroxyl groups is 1. The topological polar surface area (TPSA) is 83.0 Å². The zero-order valence-corrected chi connectivity index (χ0v) is 16.3. The smallest absolute Gasteiger partial charge is 0.231 e. The van der Waals surface area contributed by atoms with Crippen LogP contribution in [-0.2, 0) is 17.8 Å². The maximum absolute atomic E-state index is 10.1. The van der Waals surface area contributed by atoms with Crippen LogP contribution in [0.3, 0.4) is 0 Å². The van der Waals surface area contributed by atoms with E-state index >= 15 is 0 Å². The second kappa shape index (κ2) is 10.2. The highest BCUT2D eigenvalue weighted by Crippen LogP contribution is 2.32. The van der Waals surface area contributed by atoms with Gasteiger partial charge in [0.1, 0.15) is 12.6 Å². The summed E-state index contributed by atoms with van der Waals surface area (Å²) in [5.41, 5.74) is 2.16. The Labute approximate surface area is 165 Å². The van der Waals surface area contributed by atoms with Gasteiger partial charge in [0, 0.05) is 6.42 Å². The van der Waals surface area contributed by atoms with E-state index in [0.717, 1.165) is 41.5 Å². The second-order valence-corrected chi connectivity index (χ2v) is 6.61. The average Bonchev–Trinajstić information content (AvgIpc) is 3.19. The molecule has 3 N–H and O–H groups in total. The van der Waals surface area contributed by atoms with E-state index in [9.17, 15) is 5.11 Å². The molecule has 7 heteroatoms. The number of benzene rings is 2. The van der Waals surface area contributed by atoms with Crippen LogP contribution in [0.5, 0.6) is 23.0 Å². The molecule has 1 aliphatic heterocycles. The summed E-state index contributed by atoms with van der Waals surface area (Å²) < 4.78 is 26.8. The molecule has 0 spiro atoms. The Morgan fingerprint density at radius 2 is 1.79 bits per heavy atom. The van der Waals surface area contributed by atoms with Crippen molar-refractivity contribution in [1.82, 2.24) is 0 Å². The second-order valence-electron chi connectivity index (χ2n) is 6.61. The maximum atomic E-state index is 10.1. The van der Waals surface area contributed by atoms with Crippen LogP contribution in [0.4, 0.5) is 0 Å². The van der Waals surface area contributed by atoms with E-state index in [2.05, 4.69) is 5.32 Å². The van der Waals surface area contributed by atoms with Crippen molar-refractivity contribution in [2.75, 3.05) is 40.7 Å². The average molecular weight is 390 g/mol. The minimum atomic E-state index is -0.514. The molecule has 7 nitrogen and oxygen atoms in total. The Morgan fingerprint density at radius 1 is 1.00 bits per heavy atom. The predicted octanol–water partition coefficient (Wildman–Crippen LogP) is 1.12. The zero-order valence-electron chi connectivity index (χ0n) is 16.3. The standard InChI is InChI=1S/C21H27NO6/c1-24-18-5-3-15(9-20(18)25-2)7-8-22-11-17(23)13-26-12-16-4-6-19-21(10-16)28-14-27-19/h3-6,9-10,17,22-23H,7-8,11-14H2,1-2H3/p+1/t17-/m0/s1. The number of ether oxygens (including phenoxy) is 5. The van der Waals surface area contributed by atoms with E-state index in [1.807, 2.05) is 36.4 Å². The third-order valence-corrected chi connectivity index (χ3v) is 4.54. The molecule has 0 saturated heterocycles. The fourth-order valence-corrected chi connectivity index (χ4v) is 3.03.